The molecule has 21 heavy (non-hydrogen) atoms. The summed E-state index contributed by atoms with van der Waals surface area (Å²) in [5.41, 5.74) is 2.39. The number of nitrogens with zero attached hydrogens (tertiary/aromatic N) is 3. The van der Waals surface area contributed by atoms with Crippen LogP contribution in [0.1, 0.15) is 44.5 Å². The third-order valence-corrected chi connectivity index (χ3v) is 4.62. The van der Waals surface area contributed by atoms with Gasteiger partial charge in [0.05, 0.1) is 11.4 Å². The van der Waals surface area contributed by atoms with E-state index in [1.54, 1.807) is 0 Å². The smallest absolute Gasteiger partial charge is 0.303 e. The molecule has 0 aromatic carbocycles. The van der Waals surface area contributed by atoms with Gasteiger partial charge in [-0.05, 0) is 43.7 Å². The van der Waals surface area contributed by atoms with Gasteiger partial charge in [0, 0.05) is 26.6 Å². The van der Waals surface area contributed by atoms with Gasteiger partial charge in [-0.3, -0.25) is 14.4 Å². The molecule has 1 aromatic heterocycles. The number of hydrogen-bond acceptors (Lipinski definition) is 3. The minimum Gasteiger partial charge on any atom is -0.481 e. The fourth-order valence-electron chi connectivity index (χ4n) is 3.26. The molecule has 1 saturated heterocycles. The topological polar surface area (TPSA) is 58.4 Å². The van der Waals surface area contributed by atoms with Crippen LogP contribution in [-0.4, -0.2) is 38.8 Å². The molecular weight excluding hydrogens is 266 g/mol. The van der Waals surface area contributed by atoms with Crippen LogP contribution in [0.25, 0.3) is 0 Å². The molecule has 0 bridgehead atoms. The van der Waals surface area contributed by atoms with E-state index in [9.17, 15) is 4.79 Å². The molecule has 118 valence electrons. The summed E-state index contributed by atoms with van der Waals surface area (Å²) in [4.78, 5) is 13.3. The van der Waals surface area contributed by atoms with Gasteiger partial charge >= 0.3 is 5.97 Å². The van der Waals surface area contributed by atoms with E-state index in [0.29, 0.717) is 5.92 Å². The summed E-state index contributed by atoms with van der Waals surface area (Å²) >= 11 is 0. The molecule has 1 N–H and O–H groups in total. The first-order chi connectivity index (χ1) is 9.99. The van der Waals surface area contributed by atoms with Crippen molar-refractivity contribution >= 4 is 5.97 Å². The number of carboxylic acids is 1. The SMILES string of the molecule is CCc1cc(CN2CCCC(C(C)CC(=O)O)C2)n(C)n1. The van der Waals surface area contributed by atoms with E-state index in [4.69, 9.17) is 5.11 Å². The van der Waals surface area contributed by atoms with Crippen LogP contribution in [0.15, 0.2) is 6.07 Å². The van der Waals surface area contributed by atoms with Gasteiger partial charge in [-0.1, -0.05) is 13.8 Å². The van der Waals surface area contributed by atoms with Crippen LogP contribution in [0.4, 0.5) is 0 Å². The maximum absolute atomic E-state index is 10.9. The standard InChI is InChI=1S/C16H27N3O2/c1-4-14-9-15(18(3)17-14)11-19-7-5-6-13(10-19)12(2)8-16(20)21/h9,12-13H,4-8,10-11H2,1-3H3,(H,20,21). The molecule has 1 aliphatic rings. The monoisotopic (exact) mass is 293 g/mol. The van der Waals surface area contributed by atoms with Crippen molar-refractivity contribution in [2.75, 3.05) is 13.1 Å². The highest BCUT2D eigenvalue weighted by atomic mass is 16.4. The molecule has 2 rings (SSSR count). The number of hydrogen-bond donors (Lipinski definition) is 1. The van der Waals surface area contributed by atoms with Crippen molar-refractivity contribution in [2.24, 2.45) is 18.9 Å². The van der Waals surface area contributed by atoms with Gasteiger partial charge < -0.3 is 5.11 Å². The molecule has 1 fully saturated rings. The van der Waals surface area contributed by atoms with E-state index in [1.165, 1.54) is 5.69 Å². The first-order valence-corrected chi connectivity index (χ1v) is 7.95. The molecular formula is C16H27N3O2. The third-order valence-electron chi connectivity index (χ3n) is 4.62. The molecule has 0 spiro atoms. The van der Waals surface area contributed by atoms with Gasteiger partial charge in [-0.15, -0.1) is 0 Å². The Morgan fingerprint density at radius 3 is 2.95 bits per heavy atom. The molecule has 2 unspecified atom stereocenters. The number of carboxylic acid groups (broad SMARTS) is 1. The van der Waals surface area contributed by atoms with Gasteiger partial charge in [-0.2, -0.15) is 5.10 Å². The van der Waals surface area contributed by atoms with Crippen molar-refractivity contribution in [1.82, 2.24) is 14.7 Å². The number of carbonyl (C=O) groups is 1. The van der Waals surface area contributed by atoms with Crippen LogP contribution in [-0.2, 0) is 24.8 Å². The molecule has 5 heteroatoms. The fourth-order valence-corrected chi connectivity index (χ4v) is 3.26. The Kier molecular flexibility index (Phi) is 5.39. The van der Waals surface area contributed by atoms with E-state index in [1.807, 2.05) is 11.7 Å². The van der Waals surface area contributed by atoms with Crippen LogP contribution in [0.2, 0.25) is 0 Å². The van der Waals surface area contributed by atoms with Crippen molar-refractivity contribution < 1.29 is 9.90 Å². The second kappa shape index (κ2) is 7.07. The summed E-state index contributed by atoms with van der Waals surface area (Å²) in [7, 11) is 2.00. The van der Waals surface area contributed by atoms with Crippen molar-refractivity contribution in [3.8, 4) is 0 Å². The minimum absolute atomic E-state index is 0.253. The lowest BCUT2D eigenvalue weighted by atomic mass is 9.84. The van der Waals surface area contributed by atoms with Gasteiger partial charge in [0.2, 0.25) is 0 Å². The predicted molar refractivity (Wildman–Crippen MR) is 82.0 cm³/mol. The van der Waals surface area contributed by atoms with Crippen LogP contribution in [0, 0.1) is 11.8 Å². The van der Waals surface area contributed by atoms with Crippen molar-refractivity contribution in [3.63, 3.8) is 0 Å². The van der Waals surface area contributed by atoms with Gasteiger partial charge in [0.15, 0.2) is 0 Å². The lowest BCUT2D eigenvalue weighted by Gasteiger charge is -2.35. The van der Waals surface area contributed by atoms with Crippen LogP contribution in [0.3, 0.4) is 0 Å². The maximum atomic E-state index is 10.9. The first-order valence-electron chi connectivity index (χ1n) is 7.95. The number of likely N-dealkylation sites (tertiary alicyclic amines) is 1. The molecule has 0 amide bonds. The Morgan fingerprint density at radius 2 is 2.33 bits per heavy atom. The Hall–Kier alpha value is -1.36. The van der Waals surface area contributed by atoms with Gasteiger partial charge in [0.25, 0.3) is 0 Å². The number of rotatable bonds is 6. The number of aryl methyl sites for hydroxylation is 2. The Bertz CT molecular complexity index is 484. The lowest BCUT2D eigenvalue weighted by molar-refractivity contribution is -0.138. The predicted octanol–water partition coefficient (Wildman–Crippen LogP) is 2.31. The number of aliphatic carboxylic acids is 1. The Balaban J connectivity index is 1.94. The van der Waals surface area contributed by atoms with Crippen LogP contribution < -0.4 is 0 Å². The van der Waals surface area contributed by atoms with E-state index in [2.05, 4.69) is 29.9 Å². The first kappa shape index (κ1) is 16.0. The van der Waals surface area contributed by atoms with E-state index in [0.717, 1.165) is 44.6 Å². The highest BCUT2D eigenvalue weighted by molar-refractivity contribution is 5.67. The van der Waals surface area contributed by atoms with Gasteiger partial charge in [-0.25, -0.2) is 0 Å². The summed E-state index contributed by atoms with van der Waals surface area (Å²) in [6.07, 6.45) is 3.56. The van der Waals surface area contributed by atoms with E-state index < -0.39 is 5.97 Å². The quantitative estimate of drug-likeness (QED) is 0.874. The highest BCUT2D eigenvalue weighted by Gasteiger charge is 2.26. The summed E-state index contributed by atoms with van der Waals surface area (Å²) < 4.78 is 1.98. The average molecular weight is 293 g/mol. The fraction of sp³-hybridized carbons (Fsp3) is 0.750. The normalized spacial score (nSPS) is 21.4. The summed E-state index contributed by atoms with van der Waals surface area (Å²) in [6, 6.07) is 2.18. The van der Waals surface area contributed by atoms with E-state index >= 15 is 0 Å². The summed E-state index contributed by atoms with van der Waals surface area (Å²) in [5, 5.41) is 13.5. The summed E-state index contributed by atoms with van der Waals surface area (Å²) in [6.45, 7) is 7.21. The van der Waals surface area contributed by atoms with Crippen molar-refractivity contribution in [2.45, 2.75) is 46.1 Å². The summed E-state index contributed by atoms with van der Waals surface area (Å²) in [5.74, 6) is 0.0654. The molecule has 0 saturated carbocycles. The molecule has 0 radical (unpaired) electrons. The largest absolute Gasteiger partial charge is 0.481 e. The van der Waals surface area contributed by atoms with Crippen LogP contribution >= 0.6 is 0 Å². The molecule has 5 nitrogen and oxygen atoms in total. The zero-order valence-corrected chi connectivity index (χ0v) is 13.4. The molecule has 1 aromatic rings. The van der Waals surface area contributed by atoms with Crippen LogP contribution in [0.5, 0.6) is 0 Å². The molecule has 1 aliphatic heterocycles. The molecule has 2 heterocycles. The number of aromatic nitrogens is 2. The maximum Gasteiger partial charge on any atom is 0.303 e. The highest BCUT2D eigenvalue weighted by Crippen LogP contribution is 2.27. The van der Waals surface area contributed by atoms with Crippen molar-refractivity contribution in [3.05, 3.63) is 17.5 Å². The second-order valence-electron chi connectivity index (χ2n) is 6.32. The Morgan fingerprint density at radius 1 is 1.57 bits per heavy atom. The van der Waals surface area contributed by atoms with Crippen molar-refractivity contribution in [1.29, 1.82) is 0 Å². The zero-order valence-electron chi connectivity index (χ0n) is 13.4. The molecule has 0 aliphatic carbocycles. The zero-order chi connectivity index (χ0) is 15.4. The molecule has 2 atom stereocenters. The average Bonchev–Trinajstić information content (AvgIpc) is 2.79. The minimum atomic E-state index is -0.682. The third kappa shape index (κ3) is 4.30. The van der Waals surface area contributed by atoms with Gasteiger partial charge in [0.1, 0.15) is 0 Å². The van der Waals surface area contributed by atoms with E-state index in [-0.39, 0.29) is 12.3 Å². The lowest BCUT2D eigenvalue weighted by Crippen LogP contribution is -2.38. The Labute approximate surface area is 126 Å². The number of piperidine rings is 1. The second-order valence-corrected chi connectivity index (χ2v) is 6.32.